The van der Waals surface area contributed by atoms with Gasteiger partial charge in [0.2, 0.25) is 0 Å². The fraction of sp³-hybridized carbons (Fsp3) is 0.381. The molecule has 0 saturated heterocycles. The van der Waals surface area contributed by atoms with E-state index in [-0.39, 0.29) is 0 Å². The number of benzene rings is 1. The molecule has 120 valence electrons. The van der Waals surface area contributed by atoms with E-state index in [2.05, 4.69) is 68.2 Å². The van der Waals surface area contributed by atoms with Crippen molar-refractivity contribution in [1.82, 2.24) is 9.88 Å². The van der Waals surface area contributed by atoms with Crippen LogP contribution in [0.2, 0.25) is 0 Å². The van der Waals surface area contributed by atoms with Crippen LogP contribution in [0, 0.1) is 6.92 Å². The Balaban J connectivity index is 2.00. The van der Waals surface area contributed by atoms with Gasteiger partial charge in [-0.3, -0.25) is 4.98 Å². The van der Waals surface area contributed by atoms with E-state index in [4.69, 9.17) is 0 Å². The predicted octanol–water partition coefficient (Wildman–Crippen LogP) is 4.46. The molecule has 2 nitrogen and oxygen atoms in total. The first kappa shape index (κ1) is 15.9. The maximum absolute atomic E-state index is 4.60. The minimum Gasteiger partial charge on any atom is -0.309 e. The molecule has 0 fully saturated rings. The Bertz CT molecular complexity index is 714. The molecule has 1 unspecified atom stereocenters. The van der Waals surface area contributed by atoms with Gasteiger partial charge in [-0.2, -0.15) is 0 Å². The summed E-state index contributed by atoms with van der Waals surface area (Å²) in [4.78, 5) is 6.87. The standard InChI is InChI=1S/C21H26N2/c1-15-8-9-19-18(13-15)14-17(10-12-23(3)4)21(19)16(2)20-7-5-6-11-22-20/h5-9,11,13,16H,10,12,14H2,1-4H3. The van der Waals surface area contributed by atoms with Crippen molar-refractivity contribution in [1.29, 1.82) is 0 Å². The Hall–Kier alpha value is -1.93. The van der Waals surface area contributed by atoms with Crippen LogP contribution < -0.4 is 0 Å². The highest BCUT2D eigenvalue weighted by Crippen LogP contribution is 2.42. The summed E-state index contributed by atoms with van der Waals surface area (Å²) in [6, 6.07) is 13.1. The van der Waals surface area contributed by atoms with Gasteiger partial charge >= 0.3 is 0 Å². The number of aromatic nitrogens is 1. The highest BCUT2D eigenvalue weighted by molar-refractivity contribution is 5.80. The van der Waals surface area contributed by atoms with Crippen LogP contribution in [0.5, 0.6) is 0 Å². The molecule has 23 heavy (non-hydrogen) atoms. The van der Waals surface area contributed by atoms with Crippen LogP contribution in [0.15, 0.2) is 48.2 Å². The van der Waals surface area contributed by atoms with E-state index in [1.165, 1.54) is 28.0 Å². The smallest absolute Gasteiger partial charge is 0.0475 e. The molecule has 0 bridgehead atoms. The second kappa shape index (κ2) is 6.67. The number of hydrogen-bond donors (Lipinski definition) is 0. The zero-order valence-electron chi connectivity index (χ0n) is 14.6. The second-order valence-corrected chi connectivity index (χ2v) is 6.88. The first-order valence-corrected chi connectivity index (χ1v) is 8.43. The number of fused-ring (bicyclic) bond motifs is 1. The maximum atomic E-state index is 4.60. The van der Waals surface area contributed by atoms with E-state index in [9.17, 15) is 0 Å². The van der Waals surface area contributed by atoms with Crippen LogP contribution >= 0.6 is 0 Å². The normalized spacial score (nSPS) is 15.2. The molecule has 0 N–H and O–H groups in total. The van der Waals surface area contributed by atoms with Crippen LogP contribution in [0.1, 0.15) is 41.6 Å². The molecule has 0 spiro atoms. The molecule has 1 heterocycles. The molecule has 1 aromatic heterocycles. The van der Waals surface area contributed by atoms with Crippen LogP contribution in [-0.2, 0) is 6.42 Å². The molecule has 2 heteroatoms. The lowest BCUT2D eigenvalue weighted by molar-refractivity contribution is 0.412. The van der Waals surface area contributed by atoms with Crippen molar-refractivity contribution in [2.75, 3.05) is 20.6 Å². The third-order valence-corrected chi connectivity index (χ3v) is 4.76. The average Bonchev–Trinajstić information content (AvgIpc) is 2.90. The number of allylic oxidation sites excluding steroid dienone is 1. The number of hydrogen-bond acceptors (Lipinski definition) is 2. The van der Waals surface area contributed by atoms with Crippen LogP contribution in [-0.4, -0.2) is 30.5 Å². The molecular formula is C21H26N2. The fourth-order valence-corrected chi connectivity index (χ4v) is 3.55. The molecule has 1 aromatic carbocycles. The van der Waals surface area contributed by atoms with Crippen molar-refractivity contribution < 1.29 is 0 Å². The minimum atomic E-state index is 0.345. The maximum Gasteiger partial charge on any atom is 0.0475 e. The number of aryl methyl sites for hydroxylation is 1. The molecule has 0 aliphatic heterocycles. The van der Waals surface area contributed by atoms with E-state index in [0.717, 1.165) is 19.4 Å². The molecule has 1 aliphatic rings. The lowest BCUT2D eigenvalue weighted by Gasteiger charge is -2.18. The summed E-state index contributed by atoms with van der Waals surface area (Å²) in [6.45, 7) is 5.57. The third-order valence-electron chi connectivity index (χ3n) is 4.76. The first-order valence-electron chi connectivity index (χ1n) is 8.43. The van der Waals surface area contributed by atoms with Gasteiger partial charge in [-0.25, -0.2) is 0 Å². The summed E-state index contributed by atoms with van der Waals surface area (Å²) < 4.78 is 0. The van der Waals surface area contributed by atoms with Crippen LogP contribution in [0.25, 0.3) is 5.57 Å². The quantitative estimate of drug-likeness (QED) is 0.811. The Morgan fingerprint density at radius 3 is 2.70 bits per heavy atom. The second-order valence-electron chi connectivity index (χ2n) is 6.88. The summed E-state index contributed by atoms with van der Waals surface area (Å²) >= 11 is 0. The van der Waals surface area contributed by atoms with Crippen molar-refractivity contribution in [3.05, 3.63) is 70.6 Å². The topological polar surface area (TPSA) is 16.1 Å². The molecule has 1 atom stereocenters. The average molecular weight is 306 g/mol. The van der Waals surface area contributed by atoms with Gasteiger partial charge in [0.25, 0.3) is 0 Å². The van der Waals surface area contributed by atoms with E-state index in [1.807, 2.05) is 12.3 Å². The first-order chi connectivity index (χ1) is 11.1. The molecule has 1 aliphatic carbocycles. The monoisotopic (exact) mass is 306 g/mol. The molecule has 3 rings (SSSR count). The van der Waals surface area contributed by atoms with Gasteiger partial charge in [-0.05, 0) is 62.7 Å². The number of nitrogens with zero attached hydrogens (tertiary/aromatic N) is 2. The minimum absolute atomic E-state index is 0.345. The Morgan fingerprint density at radius 1 is 1.17 bits per heavy atom. The summed E-state index contributed by atoms with van der Waals surface area (Å²) in [7, 11) is 4.29. The Kier molecular flexibility index (Phi) is 4.63. The van der Waals surface area contributed by atoms with Crippen molar-refractivity contribution in [2.24, 2.45) is 0 Å². The van der Waals surface area contributed by atoms with Gasteiger partial charge in [0, 0.05) is 24.4 Å². The lowest BCUT2D eigenvalue weighted by Crippen LogP contribution is -2.14. The predicted molar refractivity (Wildman–Crippen MR) is 97.6 cm³/mol. The molecule has 2 aromatic rings. The molecular weight excluding hydrogens is 280 g/mol. The van der Waals surface area contributed by atoms with Crippen LogP contribution in [0.4, 0.5) is 0 Å². The van der Waals surface area contributed by atoms with Gasteiger partial charge in [0.05, 0.1) is 0 Å². The zero-order valence-corrected chi connectivity index (χ0v) is 14.6. The van der Waals surface area contributed by atoms with Crippen molar-refractivity contribution in [3.8, 4) is 0 Å². The van der Waals surface area contributed by atoms with Gasteiger partial charge in [-0.1, -0.05) is 42.3 Å². The van der Waals surface area contributed by atoms with Gasteiger partial charge < -0.3 is 4.90 Å². The third kappa shape index (κ3) is 3.37. The molecule has 0 amide bonds. The molecule has 0 radical (unpaired) electrons. The zero-order chi connectivity index (χ0) is 16.4. The number of rotatable bonds is 5. The summed E-state index contributed by atoms with van der Waals surface area (Å²) in [5.74, 6) is 0.345. The lowest BCUT2D eigenvalue weighted by atomic mass is 9.89. The largest absolute Gasteiger partial charge is 0.309 e. The summed E-state index contributed by atoms with van der Waals surface area (Å²) in [5, 5.41) is 0. The van der Waals surface area contributed by atoms with Gasteiger partial charge in [0.1, 0.15) is 0 Å². The Labute approximate surface area is 139 Å². The summed E-state index contributed by atoms with van der Waals surface area (Å²) in [6.07, 6.45) is 4.13. The van der Waals surface area contributed by atoms with E-state index < -0.39 is 0 Å². The molecule has 0 saturated carbocycles. The van der Waals surface area contributed by atoms with Crippen LogP contribution in [0.3, 0.4) is 0 Å². The fourth-order valence-electron chi connectivity index (χ4n) is 3.55. The highest BCUT2D eigenvalue weighted by atomic mass is 15.0. The van der Waals surface area contributed by atoms with Crippen molar-refractivity contribution in [3.63, 3.8) is 0 Å². The Morgan fingerprint density at radius 2 is 2.00 bits per heavy atom. The van der Waals surface area contributed by atoms with E-state index >= 15 is 0 Å². The van der Waals surface area contributed by atoms with E-state index in [0.29, 0.717) is 5.92 Å². The van der Waals surface area contributed by atoms with Crippen molar-refractivity contribution in [2.45, 2.75) is 32.6 Å². The summed E-state index contributed by atoms with van der Waals surface area (Å²) in [5.41, 5.74) is 8.51. The number of pyridine rings is 1. The van der Waals surface area contributed by atoms with E-state index in [1.54, 1.807) is 5.57 Å². The van der Waals surface area contributed by atoms with Gasteiger partial charge in [-0.15, -0.1) is 0 Å². The highest BCUT2D eigenvalue weighted by Gasteiger charge is 2.26. The van der Waals surface area contributed by atoms with Gasteiger partial charge in [0.15, 0.2) is 0 Å². The SMILES string of the molecule is Cc1ccc2c(c1)CC(CCN(C)C)=C2C(C)c1ccccn1. The van der Waals surface area contributed by atoms with Crippen molar-refractivity contribution >= 4 is 5.57 Å².